The predicted octanol–water partition coefficient (Wildman–Crippen LogP) is 2.18. The van der Waals surface area contributed by atoms with Gasteiger partial charge in [-0.1, -0.05) is 6.58 Å². The number of ether oxygens (including phenoxy) is 1. The number of aliphatic carboxylic acids is 1. The van der Waals surface area contributed by atoms with Crippen molar-refractivity contribution >= 4 is 17.7 Å². The number of hydrogen-bond donors (Lipinski definition) is 2. The summed E-state index contributed by atoms with van der Waals surface area (Å²) in [7, 11) is 0. The molecule has 0 amide bonds. The van der Waals surface area contributed by atoms with Gasteiger partial charge in [-0.05, 0) is 30.5 Å². The second kappa shape index (κ2) is 7.08. The highest BCUT2D eigenvalue weighted by Gasteiger charge is 2.12. The number of thioether (sulfide) groups is 1. The van der Waals surface area contributed by atoms with Gasteiger partial charge in [-0.25, -0.2) is 4.79 Å². The van der Waals surface area contributed by atoms with Crippen LogP contribution >= 0.6 is 11.8 Å². The summed E-state index contributed by atoms with van der Waals surface area (Å²) in [6, 6.07) is 7.46. The molecule has 0 aliphatic rings. The summed E-state index contributed by atoms with van der Waals surface area (Å²) < 4.78 is 5.35. The van der Waals surface area contributed by atoms with Crippen LogP contribution in [0.4, 0.5) is 0 Å². The normalized spacial score (nSPS) is 11.9. The second-order valence-corrected chi connectivity index (χ2v) is 4.63. The summed E-state index contributed by atoms with van der Waals surface area (Å²) in [4.78, 5) is 11.7. The molecule has 98 valence electrons. The molecule has 0 saturated carbocycles. The third-order valence-corrected chi connectivity index (χ3v) is 3.03. The van der Waals surface area contributed by atoms with Crippen molar-refractivity contribution in [2.75, 3.05) is 12.9 Å². The zero-order chi connectivity index (χ0) is 13.5. The van der Waals surface area contributed by atoms with Crippen LogP contribution in [0.25, 0.3) is 0 Å². The van der Waals surface area contributed by atoms with Crippen LogP contribution in [0.5, 0.6) is 5.75 Å². The Kier molecular flexibility index (Phi) is 5.74. The first-order valence-corrected chi connectivity index (χ1v) is 6.61. The molecule has 0 aliphatic heterocycles. The fourth-order valence-corrected chi connectivity index (χ4v) is 1.70. The molecule has 1 atom stereocenters. The van der Waals surface area contributed by atoms with E-state index in [1.165, 1.54) is 0 Å². The van der Waals surface area contributed by atoms with Crippen molar-refractivity contribution < 1.29 is 19.7 Å². The average molecular weight is 268 g/mol. The number of benzene rings is 1. The van der Waals surface area contributed by atoms with Crippen molar-refractivity contribution in [3.8, 4) is 5.75 Å². The largest absolute Gasteiger partial charge is 0.491 e. The number of carboxylic acids is 1. The highest BCUT2D eigenvalue weighted by atomic mass is 32.2. The first-order chi connectivity index (χ1) is 8.52. The minimum Gasteiger partial charge on any atom is -0.491 e. The zero-order valence-corrected chi connectivity index (χ0v) is 10.9. The van der Waals surface area contributed by atoms with Crippen molar-refractivity contribution in [1.29, 1.82) is 0 Å². The number of carboxylic acid groups (broad SMARTS) is 1. The molecule has 1 aromatic carbocycles. The van der Waals surface area contributed by atoms with Crippen LogP contribution in [-0.2, 0) is 4.79 Å². The van der Waals surface area contributed by atoms with E-state index in [2.05, 4.69) is 6.58 Å². The van der Waals surface area contributed by atoms with E-state index >= 15 is 0 Å². The van der Waals surface area contributed by atoms with E-state index < -0.39 is 12.1 Å². The van der Waals surface area contributed by atoms with Gasteiger partial charge in [-0.3, -0.25) is 0 Å². The van der Waals surface area contributed by atoms with E-state index in [-0.39, 0.29) is 18.6 Å². The molecule has 1 rings (SSSR count). The Morgan fingerprint density at radius 3 is 2.56 bits per heavy atom. The molecule has 1 unspecified atom stereocenters. The van der Waals surface area contributed by atoms with Crippen molar-refractivity contribution in [2.45, 2.75) is 17.4 Å². The predicted molar refractivity (Wildman–Crippen MR) is 71.1 cm³/mol. The summed E-state index contributed by atoms with van der Waals surface area (Å²) in [5.74, 6) is -0.453. The molecule has 5 heteroatoms. The Morgan fingerprint density at radius 2 is 2.06 bits per heavy atom. The van der Waals surface area contributed by atoms with Crippen LogP contribution in [0.3, 0.4) is 0 Å². The Labute approximate surface area is 110 Å². The molecule has 0 aliphatic carbocycles. The molecule has 4 nitrogen and oxygen atoms in total. The van der Waals surface area contributed by atoms with Gasteiger partial charge in [0.15, 0.2) is 0 Å². The standard InChI is InChI=1S/C13H16O4S/c1-9(13(15)16)7-10(14)8-17-11-3-5-12(18-2)6-4-11/h3-6,10,14H,1,7-8H2,2H3,(H,15,16). The van der Waals surface area contributed by atoms with Gasteiger partial charge >= 0.3 is 5.97 Å². The molecule has 2 N–H and O–H groups in total. The Morgan fingerprint density at radius 1 is 1.44 bits per heavy atom. The molecule has 0 bridgehead atoms. The molecule has 0 saturated heterocycles. The lowest BCUT2D eigenvalue weighted by Crippen LogP contribution is -2.19. The number of aliphatic hydroxyl groups is 1. The van der Waals surface area contributed by atoms with Gasteiger partial charge in [0.1, 0.15) is 12.4 Å². The fourth-order valence-electron chi connectivity index (χ4n) is 1.30. The number of rotatable bonds is 7. The van der Waals surface area contributed by atoms with E-state index in [9.17, 15) is 9.90 Å². The minimum atomic E-state index is -1.10. The third-order valence-electron chi connectivity index (χ3n) is 2.29. The first-order valence-electron chi connectivity index (χ1n) is 5.39. The highest BCUT2D eigenvalue weighted by Crippen LogP contribution is 2.19. The fraction of sp³-hybridized carbons (Fsp3) is 0.308. The molecule has 0 aromatic heterocycles. The first kappa shape index (κ1) is 14.6. The molecule has 0 fully saturated rings. The van der Waals surface area contributed by atoms with Gasteiger partial charge in [0.2, 0.25) is 0 Å². The van der Waals surface area contributed by atoms with Crippen molar-refractivity contribution in [1.82, 2.24) is 0 Å². The summed E-state index contributed by atoms with van der Waals surface area (Å²) >= 11 is 1.63. The second-order valence-electron chi connectivity index (χ2n) is 3.75. The maximum atomic E-state index is 10.5. The van der Waals surface area contributed by atoms with Gasteiger partial charge in [0.25, 0.3) is 0 Å². The summed E-state index contributed by atoms with van der Waals surface area (Å²) in [6.07, 6.45) is 1.11. The van der Waals surface area contributed by atoms with Crippen LogP contribution in [-0.4, -0.2) is 35.1 Å². The van der Waals surface area contributed by atoms with Crippen LogP contribution < -0.4 is 4.74 Å². The topological polar surface area (TPSA) is 66.8 Å². The van der Waals surface area contributed by atoms with E-state index in [1.807, 2.05) is 30.5 Å². The van der Waals surface area contributed by atoms with Crippen molar-refractivity contribution in [3.05, 3.63) is 36.4 Å². The Bertz CT molecular complexity index is 414. The lowest BCUT2D eigenvalue weighted by Gasteiger charge is -2.12. The van der Waals surface area contributed by atoms with Gasteiger partial charge in [-0.15, -0.1) is 11.8 Å². The molecule has 1 aromatic rings. The van der Waals surface area contributed by atoms with E-state index in [1.54, 1.807) is 11.8 Å². The Hall–Kier alpha value is -1.46. The van der Waals surface area contributed by atoms with Gasteiger partial charge in [0, 0.05) is 16.9 Å². The molecular formula is C13H16O4S. The lowest BCUT2D eigenvalue weighted by atomic mass is 10.1. The molecule has 0 heterocycles. The Balaban J connectivity index is 2.39. The summed E-state index contributed by atoms with van der Waals surface area (Å²) in [6.45, 7) is 3.40. The smallest absolute Gasteiger partial charge is 0.331 e. The summed E-state index contributed by atoms with van der Waals surface area (Å²) in [5, 5.41) is 18.2. The van der Waals surface area contributed by atoms with E-state index in [0.29, 0.717) is 5.75 Å². The number of aliphatic hydroxyl groups excluding tert-OH is 1. The van der Waals surface area contributed by atoms with Gasteiger partial charge in [-0.2, -0.15) is 0 Å². The van der Waals surface area contributed by atoms with Gasteiger partial charge in [0.05, 0.1) is 6.10 Å². The maximum Gasteiger partial charge on any atom is 0.331 e. The van der Waals surface area contributed by atoms with Crippen LogP contribution in [0.1, 0.15) is 6.42 Å². The number of hydrogen-bond acceptors (Lipinski definition) is 4. The monoisotopic (exact) mass is 268 g/mol. The molecule has 18 heavy (non-hydrogen) atoms. The highest BCUT2D eigenvalue weighted by molar-refractivity contribution is 7.98. The van der Waals surface area contributed by atoms with Crippen molar-refractivity contribution in [2.24, 2.45) is 0 Å². The molecule has 0 radical (unpaired) electrons. The summed E-state index contributed by atoms with van der Waals surface area (Å²) in [5.41, 5.74) is -0.0242. The lowest BCUT2D eigenvalue weighted by molar-refractivity contribution is -0.133. The van der Waals surface area contributed by atoms with Crippen molar-refractivity contribution in [3.63, 3.8) is 0 Å². The third kappa shape index (κ3) is 4.81. The zero-order valence-electron chi connectivity index (χ0n) is 10.1. The van der Waals surface area contributed by atoms with Crippen LogP contribution in [0.2, 0.25) is 0 Å². The van der Waals surface area contributed by atoms with Crippen LogP contribution in [0.15, 0.2) is 41.3 Å². The SMILES string of the molecule is C=C(CC(O)COc1ccc(SC)cc1)C(=O)O. The maximum absolute atomic E-state index is 10.5. The van der Waals surface area contributed by atoms with E-state index in [0.717, 1.165) is 4.90 Å². The minimum absolute atomic E-state index is 0.00176. The average Bonchev–Trinajstić information content (AvgIpc) is 2.36. The van der Waals surface area contributed by atoms with E-state index in [4.69, 9.17) is 9.84 Å². The molecular weight excluding hydrogens is 252 g/mol. The number of carbonyl (C=O) groups is 1. The van der Waals surface area contributed by atoms with Crippen LogP contribution in [0, 0.1) is 0 Å². The van der Waals surface area contributed by atoms with Gasteiger partial charge < -0.3 is 14.9 Å². The quantitative estimate of drug-likeness (QED) is 0.586. The molecule has 0 spiro atoms.